The number of rotatable bonds is 7. The second-order valence-electron chi connectivity index (χ2n) is 2.67. The molecule has 0 aliphatic heterocycles. The summed E-state index contributed by atoms with van der Waals surface area (Å²) >= 11 is 0. The van der Waals surface area contributed by atoms with E-state index in [4.69, 9.17) is 16.6 Å². The normalized spacial score (nSPS) is 10.3. The monoisotopic (exact) mass is 189 g/mol. The quantitative estimate of drug-likeness (QED) is 0.438. The average Bonchev–Trinajstić information content (AvgIpc) is 1.99. The minimum absolute atomic E-state index is 0.107. The molecule has 0 atom stereocenters. The first kappa shape index (κ1) is 11.9. The summed E-state index contributed by atoms with van der Waals surface area (Å²) in [6.07, 6.45) is 0.160. The molecular formula is C7H15N3O3. The van der Waals surface area contributed by atoms with Crippen molar-refractivity contribution in [2.24, 2.45) is 11.5 Å². The Morgan fingerprint density at radius 2 is 1.92 bits per heavy atom. The van der Waals surface area contributed by atoms with Gasteiger partial charge in [0.1, 0.15) is 0 Å². The van der Waals surface area contributed by atoms with Crippen molar-refractivity contribution in [3.8, 4) is 0 Å². The van der Waals surface area contributed by atoms with Crippen LogP contribution < -0.4 is 11.5 Å². The maximum absolute atomic E-state index is 10.4. The Hall–Kier alpha value is -1.14. The van der Waals surface area contributed by atoms with Gasteiger partial charge >= 0.3 is 5.97 Å². The Bertz CT molecular complexity index is 184. The fourth-order valence-corrected chi connectivity index (χ4v) is 0.912. The Balaban J connectivity index is 3.79. The molecule has 0 radical (unpaired) electrons. The summed E-state index contributed by atoms with van der Waals surface area (Å²) in [6, 6.07) is 0. The second-order valence-corrected chi connectivity index (χ2v) is 2.67. The smallest absolute Gasteiger partial charge is 0.317 e. The lowest BCUT2D eigenvalue weighted by molar-refractivity contribution is -0.138. The Morgan fingerprint density at radius 1 is 1.31 bits per heavy atom. The second kappa shape index (κ2) is 6.38. The van der Waals surface area contributed by atoms with Gasteiger partial charge in [-0.15, -0.1) is 0 Å². The largest absolute Gasteiger partial charge is 0.480 e. The van der Waals surface area contributed by atoms with Crippen LogP contribution in [0, 0.1) is 0 Å². The van der Waals surface area contributed by atoms with Gasteiger partial charge in [-0.3, -0.25) is 14.5 Å². The van der Waals surface area contributed by atoms with Gasteiger partial charge < -0.3 is 16.6 Å². The molecule has 0 aliphatic carbocycles. The lowest BCUT2D eigenvalue weighted by Crippen LogP contribution is -2.36. The van der Waals surface area contributed by atoms with Crippen LogP contribution in [-0.2, 0) is 9.59 Å². The molecule has 0 heterocycles. The van der Waals surface area contributed by atoms with Crippen molar-refractivity contribution in [3.63, 3.8) is 0 Å². The third-order valence-corrected chi connectivity index (χ3v) is 1.48. The van der Waals surface area contributed by atoms with Crippen LogP contribution in [0.25, 0.3) is 0 Å². The van der Waals surface area contributed by atoms with Crippen molar-refractivity contribution in [1.82, 2.24) is 4.90 Å². The highest BCUT2D eigenvalue weighted by atomic mass is 16.4. The van der Waals surface area contributed by atoms with E-state index in [0.29, 0.717) is 19.6 Å². The van der Waals surface area contributed by atoms with Crippen LogP contribution in [0.5, 0.6) is 0 Å². The van der Waals surface area contributed by atoms with E-state index in [2.05, 4.69) is 0 Å². The summed E-state index contributed by atoms with van der Waals surface area (Å²) in [5.41, 5.74) is 10.2. The Kier molecular flexibility index (Phi) is 5.82. The molecule has 0 rings (SSSR count). The van der Waals surface area contributed by atoms with Crippen LogP contribution in [0.15, 0.2) is 0 Å². The van der Waals surface area contributed by atoms with Crippen LogP contribution in [0.4, 0.5) is 0 Å². The number of hydrogen-bond donors (Lipinski definition) is 3. The first-order chi connectivity index (χ1) is 6.06. The van der Waals surface area contributed by atoms with Gasteiger partial charge in [0.2, 0.25) is 5.91 Å². The fourth-order valence-electron chi connectivity index (χ4n) is 0.912. The Morgan fingerprint density at radius 3 is 2.31 bits per heavy atom. The number of aliphatic carboxylic acids is 1. The minimum atomic E-state index is -0.932. The number of amides is 1. The van der Waals surface area contributed by atoms with E-state index in [9.17, 15) is 9.59 Å². The van der Waals surface area contributed by atoms with Crippen LogP contribution >= 0.6 is 0 Å². The molecule has 0 aromatic rings. The number of carboxylic acids is 1. The van der Waals surface area contributed by atoms with Gasteiger partial charge in [-0.05, 0) is 0 Å². The predicted molar refractivity (Wildman–Crippen MR) is 46.9 cm³/mol. The first-order valence-corrected chi connectivity index (χ1v) is 3.98. The summed E-state index contributed by atoms with van der Waals surface area (Å²) < 4.78 is 0. The van der Waals surface area contributed by atoms with Gasteiger partial charge in [-0.25, -0.2) is 0 Å². The number of nitrogens with two attached hydrogens (primary N) is 2. The molecule has 0 unspecified atom stereocenters. The molecule has 76 valence electrons. The average molecular weight is 189 g/mol. The van der Waals surface area contributed by atoms with E-state index in [1.165, 1.54) is 0 Å². The van der Waals surface area contributed by atoms with Crippen LogP contribution in [0.1, 0.15) is 6.42 Å². The number of carboxylic acid groups (broad SMARTS) is 1. The molecule has 6 nitrogen and oxygen atoms in total. The molecule has 5 N–H and O–H groups in total. The van der Waals surface area contributed by atoms with Crippen molar-refractivity contribution < 1.29 is 14.7 Å². The molecule has 0 aliphatic rings. The number of carbonyl (C=O) groups excluding carboxylic acids is 1. The van der Waals surface area contributed by atoms with Crippen molar-refractivity contribution in [2.45, 2.75) is 6.42 Å². The van der Waals surface area contributed by atoms with E-state index < -0.39 is 11.9 Å². The molecule has 0 bridgehead atoms. The lowest BCUT2D eigenvalue weighted by Gasteiger charge is -2.17. The van der Waals surface area contributed by atoms with E-state index in [-0.39, 0.29) is 13.0 Å². The van der Waals surface area contributed by atoms with E-state index in [1.54, 1.807) is 4.90 Å². The molecule has 13 heavy (non-hydrogen) atoms. The third kappa shape index (κ3) is 7.23. The van der Waals surface area contributed by atoms with E-state index in [1.807, 2.05) is 0 Å². The maximum Gasteiger partial charge on any atom is 0.317 e. The maximum atomic E-state index is 10.4. The fraction of sp³-hybridized carbons (Fsp3) is 0.714. The molecule has 0 fully saturated rings. The molecule has 0 aromatic carbocycles. The van der Waals surface area contributed by atoms with Gasteiger partial charge in [0.25, 0.3) is 0 Å². The predicted octanol–water partition coefficient (Wildman–Crippen LogP) is -1.79. The number of nitrogens with zero attached hydrogens (tertiary/aromatic N) is 1. The zero-order valence-corrected chi connectivity index (χ0v) is 7.40. The molecule has 6 heteroatoms. The topological polar surface area (TPSA) is 110 Å². The molecule has 0 spiro atoms. The van der Waals surface area contributed by atoms with Crippen LogP contribution in [0.3, 0.4) is 0 Å². The van der Waals surface area contributed by atoms with Crippen LogP contribution in [-0.4, -0.2) is 48.1 Å². The summed E-state index contributed by atoms with van der Waals surface area (Å²) in [5, 5.41) is 8.48. The van der Waals surface area contributed by atoms with E-state index >= 15 is 0 Å². The zero-order valence-electron chi connectivity index (χ0n) is 7.40. The highest BCUT2D eigenvalue weighted by Crippen LogP contribution is 1.89. The molecule has 0 aromatic heterocycles. The van der Waals surface area contributed by atoms with Gasteiger partial charge in [0.15, 0.2) is 0 Å². The molecule has 0 saturated carbocycles. The van der Waals surface area contributed by atoms with E-state index in [0.717, 1.165) is 0 Å². The molecule has 1 amide bonds. The zero-order chi connectivity index (χ0) is 10.3. The van der Waals surface area contributed by atoms with Gasteiger partial charge in [-0.2, -0.15) is 0 Å². The standard InChI is InChI=1S/C7H15N3O3/c8-2-4-10(5-7(12)13)3-1-6(9)11/h1-5,8H2,(H2,9,11)(H,12,13). The summed E-state index contributed by atoms with van der Waals surface area (Å²) in [7, 11) is 0. The lowest BCUT2D eigenvalue weighted by atomic mass is 10.3. The Labute approximate surface area is 76.5 Å². The van der Waals surface area contributed by atoms with Crippen molar-refractivity contribution in [2.75, 3.05) is 26.2 Å². The third-order valence-electron chi connectivity index (χ3n) is 1.48. The molecule has 0 saturated heterocycles. The number of carbonyl (C=O) groups is 2. The highest BCUT2D eigenvalue weighted by Gasteiger charge is 2.09. The van der Waals surface area contributed by atoms with Gasteiger partial charge in [0, 0.05) is 26.1 Å². The van der Waals surface area contributed by atoms with Crippen molar-refractivity contribution in [1.29, 1.82) is 0 Å². The first-order valence-electron chi connectivity index (χ1n) is 3.98. The van der Waals surface area contributed by atoms with Gasteiger partial charge in [0.05, 0.1) is 6.54 Å². The van der Waals surface area contributed by atoms with Crippen LogP contribution in [0.2, 0.25) is 0 Å². The highest BCUT2D eigenvalue weighted by molar-refractivity contribution is 5.74. The van der Waals surface area contributed by atoms with Crippen molar-refractivity contribution >= 4 is 11.9 Å². The minimum Gasteiger partial charge on any atom is -0.480 e. The number of hydrogen-bond acceptors (Lipinski definition) is 4. The van der Waals surface area contributed by atoms with Crippen molar-refractivity contribution in [3.05, 3.63) is 0 Å². The number of primary amides is 1. The summed E-state index contributed by atoms with van der Waals surface area (Å²) in [6.45, 7) is 1.06. The SMILES string of the molecule is NCCN(CCC(N)=O)CC(=O)O. The summed E-state index contributed by atoms with van der Waals surface area (Å²) in [4.78, 5) is 22.3. The van der Waals surface area contributed by atoms with Gasteiger partial charge in [-0.1, -0.05) is 0 Å². The summed E-state index contributed by atoms with van der Waals surface area (Å²) in [5.74, 6) is -1.37. The molecular weight excluding hydrogens is 174 g/mol.